The summed E-state index contributed by atoms with van der Waals surface area (Å²) in [7, 11) is 0. The number of carbonyl (C=O) groups excluding carboxylic acids is 1. The number of hydrogen-bond donors (Lipinski definition) is 1. The maximum atomic E-state index is 12.0. The predicted molar refractivity (Wildman–Crippen MR) is 121 cm³/mol. The number of rotatable bonds is 5. The van der Waals surface area contributed by atoms with Crippen LogP contribution in [0.25, 0.3) is 21.7 Å². The van der Waals surface area contributed by atoms with E-state index in [1.165, 1.54) is 11.5 Å². The normalized spacial score (nSPS) is 14.8. The molecule has 1 aliphatic carbocycles. The molecule has 1 atom stereocenters. The molecule has 0 radical (unpaired) electrons. The van der Waals surface area contributed by atoms with Crippen molar-refractivity contribution >= 4 is 34.6 Å². The smallest absolute Gasteiger partial charge is 0.228 e. The standard InChI is InChI=1S/C22H20N8OS/c1-12-9-17(32-28-12)15-5-7-20-25-26-21(29(20)10-15)13(2)16-6-8-19-23-18(11-30(19)27-16)24-22(31)14-3-4-14/h5-11,13-14H,3-4H2,1-2H3,(H,24,31). The van der Waals surface area contributed by atoms with Gasteiger partial charge in [-0.2, -0.15) is 9.47 Å². The fourth-order valence-electron chi connectivity index (χ4n) is 3.74. The van der Waals surface area contributed by atoms with Crippen LogP contribution in [0.4, 0.5) is 5.82 Å². The van der Waals surface area contributed by atoms with Gasteiger partial charge in [-0.3, -0.25) is 9.20 Å². The third-order valence-corrected chi connectivity index (χ3v) is 6.64. The van der Waals surface area contributed by atoms with Crippen molar-refractivity contribution in [2.24, 2.45) is 5.92 Å². The number of aromatic nitrogens is 7. The van der Waals surface area contributed by atoms with Gasteiger partial charge in [-0.05, 0) is 68.6 Å². The zero-order chi connectivity index (χ0) is 21.8. The lowest BCUT2D eigenvalue weighted by Gasteiger charge is -2.10. The molecule has 0 aromatic carbocycles. The second kappa shape index (κ2) is 7.20. The highest BCUT2D eigenvalue weighted by Gasteiger charge is 2.30. The lowest BCUT2D eigenvalue weighted by molar-refractivity contribution is -0.117. The average Bonchev–Trinajstić information content (AvgIpc) is 3.23. The van der Waals surface area contributed by atoms with E-state index < -0.39 is 0 Å². The maximum absolute atomic E-state index is 12.0. The molecule has 1 amide bonds. The minimum Gasteiger partial charge on any atom is -0.309 e. The van der Waals surface area contributed by atoms with E-state index in [0.29, 0.717) is 11.5 Å². The minimum absolute atomic E-state index is 0.0314. The number of nitrogens with zero attached hydrogens (tertiary/aromatic N) is 7. The molecule has 5 aromatic rings. The number of imidazole rings is 1. The van der Waals surface area contributed by atoms with Crippen molar-refractivity contribution in [3.8, 4) is 10.4 Å². The summed E-state index contributed by atoms with van der Waals surface area (Å²) in [6.07, 6.45) is 5.71. The van der Waals surface area contributed by atoms with Crippen LogP contribution in [0.5, 0.6) is 0 Å². The SMILES string of the molecule is Cc1cc(-c2ccc3nnc(C(C)c4ccc5nc(NC(=O)C6CC6)cn5n4)n3c2)sn1. The molecule has 1 saturated carbocycles. The van der Waals surface area contributed by atoms with Gasteiger partial charge in [0.1, 0.15) is 5.82 Å². The topological polar surface area (TPSA) is 102 Å². The summed E-state index contributed by atoms with van der Waals surface area (Å²) >= 11 is 1.48. The summed E-state index contributed by atoms with van der Waals surface area (Å²) in [6.45, 7) is 4.05. The van der Waals surface area contributed by atoms with Gasteiger partial charge in [-0.25, -0.2) is 9.50 Å². The Morgan fingerprint density at radius 2 is 2.00 bits per heavy atom. The molecule has 1 unspecified atom stereocenters. The van der Waals surface area contributed by atoms with Crippen molar-refractivity contribution in [1.82, 2.24) is 33.6 Å². The molecule has 0 spiro atoms. The second-order valence-corrected chi connectivity index (χ2v) is 9.01. The van der Waals surface area contributed by atoms with E-state index in [0.717, 1.165) is 46.1 Å². The lowest BCUT2D eigenvalue weighted by Crippen LogP contribution is -2.13. The Morgan fingerprint density at radius 3 is 2.78 bits per heavy atom. The first-order chi connectivity index (χ1) is 15.5. The first kappa shape index (κ1) is 19.1. The molecule has 9 nitrogen and oxygen atoms in total. The van der Waals surface area contributed by atoms with Crippen molar-refractivity contribution in [2.75, 3.05) is 5.32 Å². The van der Waals surface area contributed by atoms with Gasteiger partial charge < -0.3 is 5.32 Å². The fraction of sp³-hybridized carbons (Fsp3) is 0.273. The summed E-state index contributed by atoms with van der Waals surface area (Å²) in [6, 6.07) is 9.93. The van der Waals surface area contributed by atoms with E-state index in [9.17, 15) is 4.79 Å². The summed E-state index contributed by atoms with van der Waals surface area (Å²) < 4.78 is 8.09. The van der Waals surface area contributed by atoms with Crippen molar-refractivity contribution < 1.29 is 4.79 Å². The molecule has 1 N–H and O–H groups in total. The first-order valence-corrected chi connectivity index (χ1v) is 11.3. The molecule has 1 aliphatic rings. The van der Waals surface area contributed by atoms with Crippen LogP contribution < -0.4 is 5.32 Å². The number of hydrogen-bond acceptors (Lipinski definition) is 7. The summed E-state index contributed by atoms with van der Waals surface area (Å²) in [5, 5.41) is 16.4. The molecule has 6 rings (SSSR count). The third-order valence-electron chi connectivity index (χ3n) is 5.71. The Kier molecular flexibility index (Phi) is 4.29. The van der Waals surface area contributed by atoms with Crippen LogP contribution in [0.2, 0.25) is 0 Å². The molecule has 1 fully saturated rings. The quantitative estimate of drug-likeness (QED) is 0.443. The van der Waals surface area contributed by atoms with Gasteiger partial charge in [0, 0.05) is 17.7 Å². The van der Waals surface area contributed by atoms with E-state index in [1.54, 1.807) is 10.7 Å². The third kappa shape index (κ3) is 3.32. The highest BCUT2D eigenvalue weighted by atomic mass is 32.1. The van der Waals surface area contributed by atoms with E-state index in [4.69, 9.17) is 5.10 Å². The highest BCUT2D eigenvalue weighted by molar-refractivity contribution is 7.09. The van der Waals surface area contributed by atoms with Crippen LogP contribution in [0, 0.1) is 12.8 Å². The molecular weight excluding hydrogens is 424 g/mol. The summed E-state index contributed by atoms with van der Waals surface area (Å²) in [5.41, 5.74) is 4.38. The number of amides is 1. The van der Waals surface area contributed by atoms with Crippen LogP contribution in [0.3, 0.4) is 0 Å². The van der Waals surface area contributed by atoms with Gasteiger partial charge in [0.05, 0.1) is 28.4 Å². The number of anilines is 1. The Balaban J connectivity index is 1.33. The number of carbonyl (C=O) groups is 1. The first-order valence-electron chi connectivity index (χ1n) is 10.5. The van der Waals surface area contributed by atoms with Gasteiger partial charge in [-0.15, -0.1) is 10.2 Å². The van der Waals surface area contributed by atoms with E-state index >= 15 is 0 Å². The van der Waals surface area contributed by atoms with Crippen LogP contribution in [-0.4, -0.2) is 39.5 Å². The van der Waals surface area contributed by atoms with Crippen LogP contribution in [0.1, 0.15) is 42.9 Å². The monoisotopic (exact) mass is 444 g/mol. The van der Waals surface area contributed by atoms with Crippen molar-refractivity contribution in [3.63, 3.8) is 0 Å². The van der Waals surface area contributed by atoms with Gasteiger partial charge in [0.25, 0.3) is 0 Å². The van der Waals surface area contributed by atoms with Gasteiger partial charge in [0.2, 0.25) is 5.91 Å². The van der Waals surface area contributed by atoms with E-state index in [-0.39, 0.29) is 17.7 Å². The molecule has 32 heavy (non-hydrogen) atoms. The zero-order valence-electron chi connectivity index (χ0n) is 17.6. The molecule has 0 bridgehead atoms. The second-order valence-electron chi connectivity index (χ2n) is 8.21. The fourth-order valence-corrected chi connectivity index (χ4v) is 4.49. The molecule has 0 aliphatic heterocycles. The number of nitrogens with one attached hydrogen (secondary N) is 1. The summed E-state index contributed by atoms with van der Waals surface area (Å²) in [4.78, 5) is 17.6. The van der Waals surface area contributed by atoms with Gasteiger partial charge in [0.15, 0.2) is 17.1 Å². The molecule has 160 valence electrons. The average molecular weight is 445 g/mol. The van der Waals surface area contributed by atoms with E-state index in [2.05, 4.69) is 44.1 Å². The predicted octanol–water partition coefficient (Wildman–Crippen LogP) is 3.70. The Labute approximate surface area is 187 Å². The Bertz CT molecular complexity index is 1480. The molecule has 5 aromatic heterocycles. The molecule has 0 saturated heterocycles. The molecule has 5 heterocycles. The maximum Gasteiger partial charge on any atom is 0.228 e. The van der Waals surface area contributed by atoms with Crippen molar-refractivity contribution in [2.45, 2.75) is 32.6 Å². The largest absolute Gasteiger partial charge is 0.309 e. The molecule has 10 heteroatoms. The zero-order valence-corrected chi connectivity index (χ0v) is 18.4. The Morgan fingerprint density at radius 1 is 1.16 bits per heavy atom. The Hall–Kier alpha value is -3.66. The van der Waals surface area contributed by atoms with Gasteiger partial charge in [-0.1, -0.05) is 0 Å². The number of pyridine rings is 1. The van der Waals surface area contributed by atoms with Crippen LogP contribution >= 0.6 is 11.5 Å². The van der Waals surface area contributed by atoms with Gasteiger partial charge >= 0.3 is 0 Å². The molecular formula is C22H20N8OS. The summed E-state index contributed by atoms with van der Waals surface area (Å²) in [5.74, 6) is 1.39. The lowest BCUT2D eigenvalue weighted by atomic mass is 10.1. The minimum atomic E-state index is -0.0975. The number of fused-ring (bicyclic) bond motifs is 2. The van der Waals surface area contributed by atoms with Crippen LogP contribution in [0.15, 0.2) is 42.7 Å². The van der Waals surface area contributed by atoms with E-state index in [1.807, 2.05) is 35.6 Å². The van der Waals surface area contributed by atoms with Crippen molar-refractivity contribution in [1.29, 1.82) is 0 Å². The van der Waals surface area contributed by atoms with Crippen LogP contribution in [-0.2, 0) is 4.79 Å². The van der Waals surface area contributed by atoms with Crippen molar-refractivity contribution in [3.05, 3.63) is 59.9 Å². The highest BCUT2D eigenvalue weighted by Crippen LogP contribution is 2.30. The number of aryl methyl sites for hydroxylation is 1.